The van der Waals surface area contributed by atoms with Gasteiger partial charge in [-0.25, -0.2) is 10.1 Å². The number of ether oxygens (including phenoxy) is 1. The predicted molar refractivity (Wildman–Crippen MR) is 88.6 cm³/mol. The van der Waals surface area contributed by atoms with Crippen LogP contribution in [0.3, 0.4) is 0 Å². The fourth-order valence-electron chi connectivity index (χ4n) is 1.45. The Bertz CT molecular complexity index is 742. The fraction of sp³-hybridized carbons (Fsp3) is 0.467. The van der Waals surface area contributed by atoms with Gasteiger partial charge in [0.25, 0.3) is 0 Å². The molecule has 0 aliphatic rings. The Morgan fingerprint density at radius 3 is 1.89 bits per heavy atom. The van der Waals surface area contributed by atoms with E-state index in [1.54, 1.807) is 0 Å². The van der Waals surface area contributed by atoms with Gasteiger partial charge in [0.1, 0.15) is 0 Å². The molecule has 0 saturated heterocycles. The molecule has 2 amide bonds. The van der Waals surface area contributed by atoms with E-state index in [1.165, 1.54) is 34.5 Å². The molecule has 150 valence electrons. The number of hydrogen-bond donors (Lipinski definition) is 1. The first-order valence-electron chi connectivity index (χ1n) is 7.61. The number of nitrogens with zero attached hydrogens (tertiary/aromatic N) is 4. The zero-order chi connectivity index (χ0) is 20.6. The van der Waals surface area contributed by atoms with Crippen LogP contribution in [0.1, 0.15) is 35.0 Å². The van der Waals surface area contributed by atoms with Crippen molar-refractivity contribution in [1.29, 1.82) is 0 Å². The third-order valence-electron chi connectivity index (χ3n) is 2.86. The first-order chi connectivity index (χ1) is 12.7. The summed E-state index contributed by atoms with van der Waals surface area (Å²) in [5.41, 5.74) is 0. The van der Waals surface area contributed by atoms with E-state index in [2.05, 4.69) is 19.2 Å². The minimum Gasteiger partial charge on any atom is -0.466 e. The van der Waals surface area contributed by atoms with Gasteiger partial charge in [0, 0.05) is 14.1 Å². The van der Waals surface area contributed by atoms with E-state index in [0.717, 1.165) is 16.3 Å². The van der Waals surface area contributed by atoms with Crippen molar-refractivity contribution >= 4 is 11.8 Å². The van der Waals surface area contributed by atoms with Crippen molar-refractivity contribution in [3.05, 3.63) is 23.9 Å². The Morgan fingerprint density at radius 2 is 1.48 bits per heavy atom. The lowest BCUT2D eigenvalue weighted by atomic mass is 10.5. The number of carbonyl (C=O) groups is 2. The highest BCUT2D eigenvalue weighted by Gasteiger charge is 2.18. The molecular weight excluding hydrogens is 364 g/mol. The second-order valence-corrected chi connectivity index (χ2v) is 5.13. The van der Waals surface area contributed by atoms with E-state index < -0.39 is 17.9 Å². The average molecular weight is 386 g/mol. The highest BCUT2D eigenvalue weighted by molar-refractivity contribution is 5.90. The summed E-state index contributed by atoms with van der Waals surface area (Å²) >= 11 is 0. The lowest BCUT2D eigenvalue weighted by Crippen LogP contribution is -2.24. The van der Waals surface area contributed by atoms with Crippen LogP contribution >= 0.6 is 0 Å². The van der Waals surface area contributed by atoms with Crippen LogP contribution < -0.4 is 4.74 Å². The van der Waals surface area contributed by atoms with Gasteiger partial charge in [0.2, 0.25) is 11.5 Å². The first kappa shape index (κ1) is 21.9. The number of aromatic hydroxyl groups is 1. The second-order valence-electron chi connectivity index (χ2n) is 5.13. The van der Waals surface area contributed by atoms with Crippen LogP contribution in [0.5, 0.6) is 12.2 Å². The van der Waals surface area contributed by atoms with Crippen LogP contribution in [0.4, 0.5) is 0 Å². The second kappa shape index (κ2) is 10.1. The summed E-state index contributed by atoms with van der Waals surface area (Å²) in [5, 5.41) is 10.7. The lowest BCUT2D eigenvalue weighted by molar-refractivity contribution is -0.0775. The Kier molecular flexibility index (Phi) is 8.23. The minimum atomic E-state index is -0.539. The maximum Gasteiger partial charge on any atom is 0.394 e. The van der Waals surface area contributed by atoms with Gasteiger partial charge >= 0.3 is 24.0 Å². The molecule has 2 rings (SSSR count). The zero-order valence-electron chi connectivity index (χ0n) is 15.8. The molecule has 12 heteroatoms. The van der Waals surface area contributed by atoms with E-state index >= 15 is 0 Å². The number of hydrogen-bond acceptors (Lipinski definition) is 10. The molecule has 0 aromatic carbocycles. The SMILES string of the molecule is CON(C)C(=O)c1cnc(O)o1.CON(C)C(=O)c1cnc(OC(C)C)o1. The molecule has 0 spiro atoms. The lowest BCUT2D eigenvalue weighted by Gasteiger charge is -2.10. The molecule has 0 bridgehead atoms. The largest absolute Gasteiger partial charge is 0.466 e. The van der Waals surface area contributed by atoms with Crippen LogP contribution in [0.25, 0.3) is 0 Å². The van der Waals surface area contributed by atoms with Gasteiger partial charge in [-0.1, -0.05) is 0 Å². The molecule has 2 aromatic rings. The number of carbonyl (C=O) groups excluding carboxylic acids is 2. The molecule has 0 aliphatic carbocycles. The maximum atomic E-state index is 11.5. The molecular formula is C15H22N4O8. The van der Waals surface area contributed by atoms with Crippen molar-refractivity contribution in [2.24, 2.45) is 0 Å². The summed E-state index contributed by atoms with van der Waals surface area (Å²) in [4.78, 5) is 39.1. The third kappa shape index (κ3) is 6.60. The van der Waals surface area contributed by atoms with Crippen LogP contribution in [-0.2, 0) is 9.68 Å². The molecule has 0 unspecified atom stereocenters. The molecule has 1 N–H and O–H groups in total. The summed E-state index contributed by atoms with van der Waals surface area (Å²) < 4.78 is 14.8. The highest BCUT2D eigenvalue weighted by atomic mass is 16.7. The number of oxazole rings is 2. The third-order valence-corrected chi connectivity index (χ3v) is 2.86. The predicted octanol–water partition coefficient (Wildman–Crippen LogP) is 1.11. The summed E-state index contributed by atoms with van der Waals surface area (Å²) in [7, 11) is 5.63. The molecule has 0 fully saturated rings. The van der Waals surface area contributed by atoms with Crippen LogP contribution in [-0.4, -0.2) is 71.4 Å². The first-order valence-corrected chi connectivity index (χ1v) is 7.61. The fourth-order valence-corrected chi connectivity index (χ4v) is 1.45. The normalized spacial score (nSPS) is 10.2. The average Bonchev–Trinajstić information content (AvgIpc) is 3.28. The van der Waals surface area contributed by atoms with E-state index in [1.807, 2.05) is 13.8 Å². The van der Waals surface area contributed by atoms with E-state index in [-0.39, 0.29) is 23.7 Å². The monoisotopic (exact) mass is 386 g/mol. The summed E-state index contributed by atoms with van der Waals surface area (Å²) in [6.45, 7) is 3.68. The number of aromatic nitrogens is 2. The molecule has 12 nitrogen and oxygen atoms in total. The summed E-state index contributed by atoms with van der Waals surface area (Å²) in [5.74, 6) is -0.916. The van der Waals surface area contributed by atoms with Crippen molar-refractivity contribution < 1.29 is 37.9 Å². The molecule has 0 saturated carbocycles. The van der Waals surface area contributed by atoms with Gasteiger partial charge in [-0.2, -0.15) is 9.97 Å². The van der Waals surface area contributed by atoms with E-state index in [9.17, 15) is 9.59 Å². The minimum absolute atomic E-state index is 0.0493. The highest BCUT2D eigenvalue weighted by Crippen LogP contribution is 2.14. The van der Waals surface area contributed by atoms with Crippen molar-refractivity contribution in [3.63, 3.8) is 0 Å². The van der Waals surface area contributed by atoms with Crippen LogP contribution in [0.15, 0.2) is 21.2 Å². The molecule has 0 radical (unpaired) electrons. The van der Waals surface area contributed by atoms with E-state index in [0.29, 0.717) is 0 Å². The van der Waals surface area contributed by atoms with Gasteiger partial charge in [-0.3, -0.25) is 19.3 Å². The Hall–Kier alpha value is -3.12. The van der Waals surface area contributed by atoms with E-state index in [4.69, 9.17) is 19.1 Å². The number of amides is 2. The van der Waals surface area contributed by atoms with Gasteiger partial charge in [0.15, 0.2) is 0 Å². The molecule has 2 aromatic heterocycles. The van der Waals surface area contributed by atoms with Gasteiger partial charge < -0.3 is 18.7 Å². The maximum absolute atomic E-state index is 11.5. The van der Waals surface area contributed by atoms with Crippen LogP contribution in [0, 0.1) is 0 Å². The van der Waals surface area contributed by atoms with Gasteiger partial charge in [0.05, 0.1) is 32.7 Å². The van der Waals surface area contributed by atoms with Crippen LogP contribution in [0.2, 0.25) is 0 Å². The smallest absolute Gasteiger partial charge is 0.394 e. The molecule has 0 atom stereocenters. The zero-order valence-corrected chi connectivity index (χ0v) is 15.8. The molecule has 2 heterocycles. The standard InChI is InChI=1S/C9H14N2O4.C6H8N2O4/c1-6(2)14-9-10-5-7(15-9)8(12)11(3)13-4;1-8(11-2)5(9)4-3-7-6(10)12-4/h5-6H,1-4H3;3H,1-2H3,(H,7,10). The van der Waals surface area contributed by atoms with Crippen molar-refractivity contribution in [2.75, 3.05) is 28.3 Å². The van der Waals surface area contributed by atoms with Gasteiger partial charge in [-0.05, 0) is 13.8 Å². The molecule has 27 heavy (non-hydrogen) atoms. The Balaban J connectivity index is 0.000000277. The Labute approximate surface area is 155 Å². The number of hydroxylamine groups is 4. The molecule has 0 aliphatic heterocycles. The quantitative estimate of drug-likeness (QED) is 0.718. The topological polar surface area (TPSA) is 141 Å². The Morgan fingerprint density at radius 1 is 1.00 bits per heavy atom. The van der Waals surface area contributed by atoms with Gasteiger partial charge in [-0.15, -0.1) is 0 Å². The number of rotatable bonds is 6. The summed E-state index contributed by atoms with van der Waals surface area (Å²) in [6, 6.07) is 0. The van der Waals surface area contributed by atoms with Crippen molar-refractivity contribution in [2.45, 2.75) is 20.0 Å². The van der Waals surface area contributed by atoms with Crippen molar-refractivity contribution in [1.82, 2.24) is 20.1 Å². The van der Waals surface area contributed by atoms with Crippen molar-refractivity contribution in [3.8, 4) is 12.2 Å². The summed E-state index contributed by atoms with van der Waals surface area (Å²) in [6.07, 6.45) is 1.91.